The Balaban J connectivity index is 1.60. The molecule has 2 aliphatic rings. The van der Waals surface area contributed by atoms with E-state index in [0.29, 0.717) is 6.04 Å². The van der Waals surface area contributed by atoms with Crippen molar-refractivity contribution < 1.29 is 4.79 Å². The first kappa shape index (κ1) is 14.4. The summed E-state index contributed by atoms with van der Waals surface area (Å²) in [5, 5.41) is 4.14. The molecule has 2 aromatic rings. The van der Waals surface area contributed by atoms with Crippen molar-refractivity contribution in [1.29, 1.82) is 0 Å². The van der Waals surface area contributed by atoms with Crippen molar-refractivity contribution in [3.05, 3.63) is 24.3 Å². The average Bonchev–Trinajstić information content (AvgIpc) is 3.38. The van der Waals surface area contributed by atoms with E-state index in [0.717, 1.165) is 61.3 Å². The van der Waals surface area contributed by atoms with Gasteiger partial charge in [-0.05, 0) is 38.7 Å². The Kier molecular flexibility index (Phi) is 3.59. The van der Waals surface area contributed by atoms with Crippen LogP contribution in [0.3, 0.4) is 0 Å². The number of amides is 1. The van der Waals surface area contributed by atoms with Crippen molar-refractivity contribution in [3.8, 4) is 0 Å². The molecule has 1 saturated carbocycles. The predicted molar refractivity (Wildman–Crippen MR) is 88.2 cm³/mol. The molecule has 1 amide bonds. The third-order valence-electron chi connectivity index (χ3n) is 4.61. The van der Waals surface area contributed by atoms with Gasteiger partial charge in [0, 0.05) is 30.7 Å². The monoisotopic (exact) mass is 311 g/mol. The van der Waals surface area contributed by atoms with E-state index in [1.807, 2.05) is 13.0 Å². The number of fused-ring (bicyclic) bond motifs is 1. The second-order valence-corrected chi connectivity index (χ2v) is 6.56. The lowest BCUT2D eigenvalue weighted by molar-refractivity contribution is -0.125. The van der Waals surface area contributed by atoms with Gasteiger partial charge in [0.15, 0.2) is 0 Å². The summed E-state index contributed by atoms with van der Waals surface area (Å²) >= 11 is 0. The highest BCUT2D eigenvalue weighted by Crippen LogP contribution is 2.28. The Bertz CT molecular complexity index is 743. The van der Waals surface area contributed by atoms with Crippen molar-refractivity contribution in [3.63, 3.8) is 0 Å². The molecule has 1 unspecified atom stereocenters. The Morgan fingerprint density at radius 3 is 3.00 bits per heavy atom. The SMILES string of the molecule is Cc1nc(N2CCCC(C(=O)NC3CC3)C2)c2ccncc2n1. The minimum absolute atomic E-state index is 0.0523. The molecule has 1 atom stereocenters. The third-order valence-corrected chi connectivity index (χ3v) is 4.61. The molecule has 6 heteroatoms. The minimum atomic E-state index is 0.0523. The van der Waals surface area contributed by atoms with Crippen LogP contribution in [-0.4, -0.2) is 40.0 Å². The average molecular weight is 311 g/mol. The number of hydrogen-bond donors (Lipinski definition) is 1. The van der Waals surface area contributed by atoms with Gasteiger partial charge in [-0.25, -0.2) is 9.97 Å². The lowest BCUT2D eigenvalue weighted by atomic mass is 9.97. The lowest BCUT2D eigenvalue weighted by Gasteiger charge is -2.33. The highest BCUT2D eigenvalue weighted by atomic mass is 16.2. The Morgan fingerprint density at radius 1 is 1.30 bits per heavy atom. The van der Waals surface area contributed by atoms with Crippen LogP contribution in [-0.2, 0) is 4.79 Å². The number of piperidine rings is 1. The van der Waals surface area contributed by atoms with Gasteiger partial charge in [0.25, 0.3) is 0 Å². The first-order valence-corrected chi connectivity index (χ1v) is 8.34. The summed E-state index contributed by atoms with van der Waals surface area (Å²) in [6.45, 7) is 3.56. The topological polar surface area (TPSA) is 71.0 Å². The Hall–Kier alpha value is -2.24. The molecule has 23 heavy (non-hydrogen) atoms. The van der Waals surface area contributed by atoms with Gasteiger partial charge in [0.05, 0.1) is 17.6 Å². The third kappa shape index (κ3) is 2.98. The van der Waals surface area contributed by atoms with Crippen LogP contribution in [0, 0.1) is 12.8 Å². The van der Waals surface area contributed by atoms with E-state index in [2.05, 4.69) is 25.2 Å². The van der Waals surface area contributed by atoms with E-state index < -0.39 is 0 Å². The van der Waals surface area contributed by atoms with Crippen LogP contribution in [0.15, 0.2) is 18.5 Å². The molecule has 1 aliphatic heterocycles. The maximum atomic E-state index is 12.4. The standard InChI is InChI=1S/C17H21N5O/c1-11-19-15-9-18-7-6-14(15)16(20-11)22-8-2-3-12(10-22)17(23)21-13-4-5-13/h6-7,9,12-13H,2-5,8,10H2,1H3,(H,21,23). The zero-order chi connectivity index (χ0) is 15.8. The number of nitrogens with zero attached hydrogens (tertiary/aromatic N) is 4. The molecule has 1 aliphatic carbocycles. The maximum absolute atomic E-state index is 12.4. The van der Waals surface area contributed by atoms with E-state index in [9.17, 15) is 4.79 Å². The molecule has 3 heterocycles. The largest absolute Gasteiger partial charge is 0.355 e. The number of pyridine rings is 1. The number of carbonyl (C=O) groups is 1. The number of nitrogens with one attached hydrogen (secondary N) is 1. The molecule has 1 saturated heterocycles. The Morgan fingerprint density at radius 2 is 2.17 bits per heavy atom. The number of hydrogen-bond acceptors (Lipinski definition) is 5. The summed E-state index contributed by atoms with van der Waals surface area (Å²) < 4.78 is 0. The van der Waals surface area contributed by atoms with Gasteiger partial charge in [-0.3, -0.25) is 9.78 Å². The molecule has 6 nitrogen and oxygen atoms in total. The first-order chi connectivity index (χ1) is 11.2. The minimum Gasteiger partial charge on any atom is -0.355 e. The fourth-order valence-corrected chi connectivity index (χ4v) is 3.25. The normalized spacial score (nSPS) is 21.4. The quantitative estimate of drug-likeness (QED) is 0.936. The number of rotatable bonds is 3. The van der Waals surface area contributed by atoms with Gasteiger partial charge in [-0.1, -0.05) is 0 Å². The van der Waals surface area contributed by atoms with Crippen molar-refractivity contribution in [2.24, 2.45) is 5.92 Å². The number of aromatic nitrogens is 3. The van der Waals surface area contributed by atoms with Crippen molar-refractivity contribution >= 4 is 22.6 Å². The zero-order valence-electron chi connectivity index (χ0n) is 13.3. The first-order valence-electron chi connectivity index (χ1n) is 8.34. The van der Waals surface area contributed by atoms with Crippen LogP contribution in [0.4, 0.5) is 5.82 Å². The fraction of sp³-hybridized carbons (Fsp3) is 0.529. The van der Waals surface area contributed by atoms with E-state index in [1.165, 1.54) is 0 Å². The van der Waals surface area contributed by atoms with Crippen LogP contribution in [0.25, 0.3) is 10.9 Å². The molecule has 0 bridgehead atoms. The molecule has 0 radical (unpaired) electrons. The van der Waals surface area contributed by atoms with Gasteiger partial charge >= 0.3 is 0 Å². The van der Waals surface area contributed by atoms with Crippen LogP contribution in [0.1, 0.15) is 31.5 Å². The number of anilines is 1. The molecule has 2 aromatic heterocycles. The molecule has 4 rings (SSSR count). The second-order valence-electron chi connectivity index (χ2n) is 6.56. The molecule has 0 spiro atoms. The van der Waals surface area contributed by atoms with E-state index in [4.69, 9.17) is 0 Å². The Labute approximate surface area is 135 Å². The second kappa shape index (κ2) is 5.76. The van der Waals surface area contributed by atoms with Gasteiger partial charge in [0.2, 0.25) is 5.91 Å². The van der Waals surface area contributed by atoms with Gasteiger partial charge < -0.3 is 10.2 Å². The molecule has 2 fully saturated rings. The van der Waals surface area contributed by atoms with E-state index in [-0.39, 0.29) is 11.8 Å². The van der Waals surface area contributed by atoms with Gasteiger partial charge in [0.1, 0.15) is 11.6 Å². The van der Waals surface area contributed by atoms with Crippen molar-refractivity contribution in [2.45, 2.75) is 38.6 Å². The lowest BCUT2D eigenvalue weighted by Crippen LogP contribution is -2.44. The van der Waals surface area contributed by atoms with E-state index in [1.54, 1.807) is 12.4 Å². The van der Waals surface area contributed by atoms with Crippen LogP contribution in [0.5, 0.6) is 0 Å². The molecular formula is C17H21N5O. The van der Waals surface area contributed by atoms with Crippen molar-refractivity contribution in [2.75, 3.05) is 18.0 Å². The summed E-state index contributed by atoms with van der Waals surface area (Å²) in [7, 11) is 0. The molecular weight excluding hydrogens is 290 g/mol. The summed E-state index contributed by atoms with van der Waals surface area (Å²) in [4.78, 5) is 27.9. The number of aryl methyl sites for hydroxylation is 1. The van der Waals surface area contributed by atoms with E-state index >= 15 is 0 Å². The zero-order valence-corrected chi connectivity index (χ0v) is 13.3. The van der Waals surface area contributed by atoms with Gasteiger partial charge in [-0.2, -0.15) is 0 Å². The summed E-state index contributed by atoms with van der Waals surface area (Å²) in [5.74, 6) is 1.93. The van der Waals surface area contributed by atoms with Gasteiger partial charge in [-0.15, -0.1) is 0 Å². The summed E-state index contributed by atoms with van der Waals surface area (Å²) in [5.41, 5.74) is 0.861. The smallest absolute Gasteiger partial charge is 0.225 e. The number of carbonyl (C=O) groups excluding carboxylic acids is 1. The highest BCUT2D eigenvalue weighted by molar-refractivity contribution is 5.89. The maximum Gasteiger partial charge on any atom is 0.225 e. The molecule has 0 aromatic carbocycles. The van der Waals surface area contributed by atoms with Crippen molar-refractivity contribution in [1.82, 2.24) is 20.3 Å². The van der Waals surface area contributed by atoms with Crippen LogP contribution < -0.4 is 10.2 Å². The van der Waals surface area contributed by atoms with Crippen LogP contribution in [0.2, 0.25) is 0 Å². The highest BCUT2D eigenvalue weighted by Gasteiger charge is 2.31. The fourth-order valence-electron chi connectivity index (χ4n) is 3.25. The summed E-state index contributed by atoms with van der Waals surface area (Å²) in [6.07, 6.45) is 7.77. The predicted octanol–water partition coefficient (Wildman–Crippen LogP) is 1.83. The molecule has 1 N–H and O–H groups in total. The molecule has 120 valence electrons. The van der Waals surface area contributed by atoms with Crippen LogP contribution >= 0.6 is 0 Å². The summed E-state index contributed by atoms with van der Waals surface area (Å²) in [6, 6.07) is 2.38.